The zero-order chi connectivity index (χ0) is 15.5. The first-order chi connectivity index (χ1) is 10.6. The van der Waals surface area contributed by atoms with Gasteiger partial charge >= 0.3 is 0 Å². The topological polar surface area (TPSA) is 42.0 Å². The number of allylic oxidation sites excluding steroid dienone is 2. The molecule has 0 aliphatic heterocycles. The number of nitrogens with one attached hydrogen (secondary N) is 1. The number of benzene rings is 1. The summed E-state index contributed by atoms with van der Waals surface area (Å²) in [7, 11) is 0. The van der Waals surface area contributed by atoms with Gasteiger partial charge in [0, 0.05) is 11.4 Å². The van der Waals surface area contributed by atoms with Crippen molar-refractivity contribution in [2.24, 2.45) is 0 Å². The highest BCUT2D eigenvalue weighted by molar-refractivity contribution is 6.02. The Morgan fingerprint density at radius 1 is 1.23 bits per heavy atom. The first-order valence-corrected chi connectivity index (χ1v) is 8.05. The number of amides is 1. The molecule has 1 heterocycles. The highest BCUT2D eigenvalue weighted by atomic mass is 16.1. The van der Waals surface area contributed by atoms with Crippen LogP contribution in [-0.2, 0) is 0 Å². The average molecular weight is 294 g/mol. The molecule has 1 aliphatic rings. The first-order valence-electron chi connectivity index (χ1n) is 8.05. The number of aromatic nitrogens is 1. The van der Waals surface area contributed by atoms with Crippen LogP contribution >= 0.6 is 0 Å². The molecule has 0 bridgehead atoms. The van der Waals surface area contributed by atoms with Crippen molar-refractivity contribution in [2.45, 2.75) is 45.6 Å². The van der Waals surface area contributed by atoms with Gasteiger partial charge in [-0.15, -0.1) is 0 Å². The van der Waals surface area contributed by atoms with Crippen LogP contribution in [0.1, 0.15) is 55.6 Å². The van der Waals surface area contributed by atoms with E-state index in [1.807, 2.05) is 44.2 Å². The Hall–Kier alpha value is -2.16. The molecule has 3 nitrogen and oxygen atoms in total. The van der Waals surface area contributed by atoms with Gasteiger partial charge in [-0.1, -0.05) is 24.3 Å². The molecule has 1 aromatic carbocycles. The molecule has 22 heavy (non-hydrogen) atoms. The molecule has 3 rings (SSSR count). The van der Waals surface area contributed by atoms with Crippen molar-refractivity contribution in [3.63, 3.8) is 0 Å². The largest absolute Gasteiger partial charge is 0.350 e. The third-order valence-corrected chi connectivity index (χ3v) is 3.98. The lowest BCUT2D eigenvalue weighted by Crippen LogP contribution is -2.31. The summed E-state index contributed by atoms with van der Waals surface area (Å²) < 4.78 is 0. The van der Waals surface area contributed by atoms with Crippen LogP contribution in [0.2, 0.25) is 0 Å². The molecule has 0 spiro atoms. The number of carbonyl (C=O) groups excluding carboxylic acids is 1. The molecular weight excluding hydrogens is 272 g/mol. The normalized spacial score (nSPS) is 15.0. The molecule has 1 amide bonds. The van der Waals surface area contributed by atoms with E-state index in [2.05, 4.69) is 11.4 Å². The van der Waals surface area contributed by atoms with E-state index in [-0.39, 0.29) is 11.9 Å². The van der Waals surface area contributed by atoms with Gasteiger partial charge in [0.05, 0.1) is 16.8 Å². The number of fused-ring (bicyclic) bond motifs is 1. The lowest BCUT2D eigenvalue weighted by atomic mass is 9.93. The lowest BCUT2D eigenvalue weighted by Gasteiger charge is -2.17. The van der Waals surface area contributed by atoms with Crippen molar-refractivity contribution in [1.82, 2.24) is 10.3 Å². The van der Waals surface area contributed by atoms with Crippen LogP contribution in [-0.4, -0.2) is 16.9 Å². The minimum absolute atomic E-state index is 0.0327. The van der Waals surface area contributed by atoms with Crippen molar-refractivity contribution < 1.29 is 4.79 Å². The van der Waals surface area contributed by atoms with Gasteiger partial charge in [0.15, 0.2) is 0 Å². The summed E-state index contributed by atoms with van der Waals surface area (Å²) in [5, 5.41) is 4.01. The van der Waals surface area contributed by atoms with E-state index in [1.165, 1.54) is 18.4 Å². The summed E-state index contributed by atoms with van der Waals surface area (Å²) in [5.41, 5.74) is 3.72. The highest BCUT2D eigenvalue weighted by Gasteiger charge is 2.19. The second kappa shape index (κ2) is 6.30. The number of carbonyl (C=O) groups is 1. The molecule has 114 valence electrons. The predicted octanol–water partition coefficient (Wildman–Crippen LogP) is 4.33. The van der Waals surface area contributed by atoms with Gasteiger partial charge in [-0.05, 0) is 57.2 Å². The number of nitrogens with zero attached hydrogens (tertiary/aromatic N) is 1. The van der Waals surface area contributed by atoms with Crippen molar-refractivity contribution >= 4 is 22.4 Å². The molecule has 1 N–H and O–H groups in total. The van der Waals surface area contributed by atoms with Gasteiger partial charge in [0.2, 0.25) is 0 Å². The number of hydrogen-bond donors (Lipinski definition) is 1. The second-order valence-electron chi connectivity index (χ2n) is 6.18. The fourth-order valence-electron chi connectivity index (χ4n) is 2.93. The molecule has 0 atom stereocenters. The fourth-order valence-corrected chi connectivity index (χ4v) is 2.93. The van der Waals surface area contributed by atoms with Crippen LogP contribution in [0.25, 0.3) is 16.5 Å². The number of para-hydroxylation sites is 1. The minimum atomic E-state index is -0.0327. The maximum absolute atomic E-state index is 12.6. The van der Waals surface area contributed by atoms with Crippen molar-refractivity contribution in [3.8, 4) is 0 Å². The Bertz CT molecular complexity index is 731. The third kappa shape index (κ3) is 3.03. The summed E-state index contributed by atoms with van der Waals surface area (Å²) >= 11 is 0. The monoisotopic (exact) mass is 294 g/mol. The van der Waals surface area contributed by atoms with Crippen LogP contribution < -0.4 is 5.32 Å². The smallest absolute Gasteiger partial charge is 0.253 e. The number of hydrogen-bond acceptors (Lipinski definition) is 2. The van der Waals surface area contributed by atoms with Gasteiger partial charge in [0.25, 0.3) is 5.91 Å². The summed E-state index contributed by atoms with van der Waals surface area (Å²) in [6.07, 6.45) is 6.73. The second-order valence-corrected chi connectivity index (χ2v) is 6.18. The first kappa shape index (κ1) is 14.8. The zero-order valence-corrected chi connectivity index (χ0v) is 13.2. The van der Waals surface area contributed by atoms with Crippen LogP contribution in [0.15, 0.2) is 36.4 Å². The average Bonchev–Trinajstić information content (AvgIpc) is 2.54. The van der Waals surface area contributed by atoms with E-state index in [4.69, 9.17) is 4.98 Å². The standard InChI is InChI=1S/C19H22N2O/c1-13(2)20-19(22)16-12-15-10-6-7-11-17(15)21-18(16)14-8-4-3-5-9-14/h6-8,10-13H,3-5,9H2,1-2H3,(H,20,22). The van der Waals surface area contributed by atoms with E-state index in [0.29, 0.717) is 5.56 Å². The molecule has 0 saturated carbocycles. The quantitative estimate of drug-likeness (QED) is 0.915. The van der Waals surface area contributed by atoms with Crippen LogP contribution in [0.5, 0.6) is 0 Å². The molecule has 3 heteroatoms. The molecule has 0 saturated heterocycles. The van der Waals surface area contributed by atoms with Crippen LogP contribution in [0.3, 0.4) is 0 Å². The Morgan fingerprint density at radius 3 is 2.77 bits per heavy atom. The highest BCUT2D eigenvalue weighted by Crippen LogP contribution is 2.29. The molecular formula is C19H22N2O. The molecule has 1 aliphatic carbocycles. The van der Waals surface area contributed by atoms with Crippen LogP contribution in [0, 0.1) is 0 Å². The van der Waals surface area contributed by atoms with Crippen molar-refractivity contribution in [2.75, 3.05) is 0 Å². The van der Waals surface area contributed by atoms with E-state index in [0.717, 1.165) is 29.4 Å². The fraction of sp³-hybridized carbons (Fsp3) is 0.368. The van der Waals surface area contributed by atoms with Crippen molar-refractivity contribution in [3.05, 3.63) is 47.7 Å². The predicted molar refractivity (Wildman–Crippen MR) is 90.8 cm³/mol. The SMILES string of the molecule is CC(C)NC(=O)c1cc2ccccc2nc1C1=CCCCC1. The van der Waals surface area contributed by atoms with E-state index < -0.39 is 0 Å². The summed E-state index contributed by atoms with van der Waals surface area (Å²) in [6.45, 7) is 3.96. The van der Waals surface area contributed by atoms with Gasteiger partial charge in [0.1, 0.15) is 0 Å². The van der Waals surface area contributed by atoms with Gasteiger partial charge < -0.3 is 5.32 Å². The van der Waals surface area contributed by atoms with Crippen LogP contribution in [0.4, 0.5) is 0 Å². The molecule has 2 aromatic rings. The minimum Gasteiger partial charge on any atom is -0.350 e. The maximum Gasteiger partial charge on any atom is 0.253 e. The van der Waals surface area contributed by atoms with E-state index in [9.17, 15) is 4.79 Å². The van der Waals surface area contributed by atoms with Gasteiger partial charge in [-0.3, -0.25) is 4.79 Å². The third-order valence-electron chi connectivity index (χ3n) is 3.98. The van der Waals surface area contributed by atoms with Crippen molar-refractivity contribution in [1.29, 1.82) is 0 Å². The Morgan fingerprint density at radius 2 is 2.05 bits per heavy atom. The summed E-state index contributed by atoms with van der Waals surface area (Å²) in [4.78, 5) is 17.4. The molecule has 0 unspecified atom stereocenters. The Labute approximate surface area is 131 Å². The Balaban J connectivity index is 2.13. The zero-order valence-electron chi connectivity index (χ0n) is 13.2. The summed E-state index contributed by atoms with van der Waals surface area (Å²) in [6, 6.07) is 10.1. The van der Waals surface area contributed by atoms with E-state index >= 15 is 0 Å². The summed E-state index contributed by atoms with van der Waals surface area (Å²) in [5.74, 6) is -0.0327. The van der Waals surface area contributed by atoms with Gasteiger partial charge in [-0.2, -0.15) is 0 Å². The van der Waals surface area contributed by atoms with Gasteiger partial charge in [-0.25, -0.2) is 4.98 Å². The molecule has 1 aromatic heterocycles. The Kier molecular flexibility index (Phi) is 4.23. The van der Waals surface area contributed by atoms with E-state index in [1.54, 1.807) is 0 Å². The maximum atomic E-state index is 12.6. The number of pyridine rings is 1. The lowest BCUT2D eigenvalue weighted by molar-refractivity contribution is 0.0942. The number of rotatable bonds is 3. The molecule has 0 fully saturated rings. The molecule has 0 radical (unpaired) electrons.